The van der Waals surface area contributed by atoms with E-state index in [1.54, 1.807) is 6.20 Å². The van der Waals surface area contributed by atoms with Gasteiger partial charge in [0.05, 0.1) is 0 Å². The number of hydrogen-bond acceptors (Lipinski definition) is 3. The van der Waals surface area contributed by atoms with Gasteiger partial charge in [-0.1, -0.05) is 27.5 Å². The van der Waals surface area contributed by atoms with E-state index in [1.165, 1.54) is 0 Å². The minimum atomic E-state index is -0.185. The van der Waals surface area contributed by atoms with E-state index in [1.807, 2.05) is 29.0 Å². The van der Waals surface area contributed by atoms with Crippen LogP contribution in [0.4, 0.5) is 0 Å². The maximum absolute atomic E-state index is 6.06. The lowest BCUT2D eigenvalue weighted by Gasteiger charge is -2.17. The Morgan fingerprint density at radius 1 is 1.50 bits per heavy atom. The molecule has 1 aromatic carbocycles. The third-order valence-electron chi connectivity index (χ3n) is 2.73. The molecule has 2 aromatic rings. The molecule has 1 atom stereocenters. The van der Waals surface area contributed by atoms with E-state index in [2.05, 4.69) is 33.3 Å². The van der Waals surface area contributed by atoms with Crippen LogP contribution in [0.1, 0.15) is 24.4 Å². The van der Waals surface area contributed by atoms with E-state index in [0.717, 1.165) is 22.4 Å². The number of nitrogens with one attached hydrogen (secondary N) is 1. The van der Waals surface area contributed by atoms with Crippen LogP contribution in [0.15, 0.2) is 35.1 Å². The predicted molar refractivity (Wildman–Crippen MR) is 76.2 cm³/mol. The average Bonchev–Trinajstić information content (AvgIpc) is 2.77. The third kappa shape index (κ3) is 2.75. The lowest BCUT2D eigenvalue weighted by molar-refractivity contribution is 0.561. The van der Waals surface area contributed by atoms with Gasteiger partial charge in [-0.25, -0.2) is 10.4 Å². The summed E-state index contributed by atoms with van der Waals surface area (Å²) in [5.41, 5.74) is 3.76. The van der Waals surface area contributed by atoms with Gasteiger partial charge in [-0.15, -0.1) is 0 Å². The highest BCUT2D eigenvalue weighted by Crippen LogP contribution is 2.26. The van der Waals surface area contributed by atoms with Gasteiger partial charge >= 0.3 is 0 Å². The minimum absolute atomic E-state index is 0.185. The first-order valence-corrected chi connectivity index (χ1v) is 6.76. The Bertz CT molecular complexity index is 520. The molecule has 3 N–H and O–H groups in total. The fourth-order valence-corrected chi connectivity index (χ4v) is 2.80. The lowest BCUT2D eigenvalue weighted by Crippen LogP contribution is -2.31. The first-order valence-electron chi connectivity index (χ1n) is 5.58. The molecular weight excluding hydrogens is 316 g/mol. The SMILES string of the molecule is CCn1ccnc1C(NN)c1cc(Cl)cc(Br)c1. The van der Waals surface area contributed by atoms with Crippen LogP contribution in [-0.4, -0.2) is 9.55 Å². The van der Waals surface area contributed by atoms with Gasteiger partial charge in [0, 0.05) is 28.4 Å². The summed E-state index contributed by atoms with van der Waals surface area (Å²) in [4.78, 5) is 4.36. The second-order valence-electron chi connectivity index (χ2n) is 3.87. The van der Waals surface area contributed by atoms with Crippen LogP contribution in [0.2, 0.25) is 5.02 Å². The standard InChI is InChI=1S/C12H14BrClN4/c1-2-18-4-3-16-12(18)11(17-15)8-5-9(13)7-10(14)6-8/h3-7,11,17H,2,15H2,1H3. The summed E-state index contributed by atoms with van der Waals surface area (Å²) in [6.07, 6.45) is 3.70. The molecule has 1 unspecified atom stereocenters. The van der Waals surface area contributed by atoms with Gasteiger partial charge in [0.15, 0.2) is 0 Å². The largest absolute Gasteiger partial charge is 0.334 e. The summed E-state index contributed by atoms with van der Waals surface area (Å²) in [6, 6.07) is 5.51. The molecule has 0 radical (unpaired) electrons. The van der Waals surface area contributed by atoms with Gasteiger partial charge in [-0.2, -0.15) is 0 Å². The number of nitrogens with two attached hydrogens (primary N) is 1. The maximum Gasteiger partial charge on any atom is 0.131 e. The van der Waals surface area contributed by atoms with E-state index >= 15 is 0 Å². The zero-order valence-electron chi connectivity index (χ0n) is 9.90. The Morgan fingerprint density at radius 3 is 2.89 bits per heavy atom. The number of aromatic nitrogens is 2. The van der Waals surface area contributed by atoms with E-state index in [9.17, 15) is 0 Å². The zero-order valence-corrected chi connectivity index (χ0v) is 12.2. The maximum atomic E-state index is 6.06. The summed E-state index contributed by atoms with van der Waals surface area (Å²) in [5, 5.41) is 0.661. The highest BCUT2D eigenvalue weighted by molar-refractivity contribution is 9.10. The minimum Gasteiger partial charge on any atom is -0.334 e. The van der Waals surface area contributed by atoms with Crippen molar-refractivity contribution in [1.29, 1.82) is 0 Å². The highest BCUT2D eigenvalue weighted by atomic mass is 79.9. The Balaban J connectivity index is 2.45. The van der Waals surface area contributed by atoms with Crippen LogP contribution in [0.3, 0.4) is 0 Å². The van der Waals surface area contributed by atoms with Gasteiger partial charge in [0.2, 0.25) is 0 Å². The van der Waals surface area contributed by atoms with Crippen molar-refractivity contribution in [2.45, 2.75) is 19.5 Å². The van der Waals surface area contributed by atoms with Crippen molar-refractivity contribution in [3.8, 4) is 0 Å². The molecule has 0 aliphatic rings. The van der Waals surface area contributed by atoms with Gasteiger partial charge in [0.25, 0.3) is 0 Å². The summed E-state index contributed by atoms with van der Waals surface area (Å²) < 4.78 is 2.96. The molecule has 0 bridgehead atoms. The van der Waals surface area contributed by atoms with Gasteiger partial charge < -0.3 is 4.57 Å². The second kappa shape index (κ2) is 5.84. The summed E-state index contributed by atoms with van der Waals surface area (Å²) in [7, 11) is 0. The highest BCUT2D eigenvalue weighted by Gasteiger charge is 2.18. The molecule has 4 nitrogen and oxygen atoms in total. The quantitative estimate of drug-likeness (QED) is 0.670. The van der Waals surface area contributed by atoms with Crippen molar-refractivity contribution in [2.75, 3.05) is 0 Å². The molecule has 96 valence electrons. The van der Waals surface area contributed by atoms with E-state index in [-0.39, 0.29) is 6.04 Å². The molecule has 0 fully saturated rings. The van der Waals surface area contributed by atoms with Gasteiger partial charge in [-0.05, 0) is 30.7 Å². The molecule has 1 heterocycles. The van der Waals surface area contributed by atoms with E-state index in [0.29, 0.717) is 5.02 Å². The smallest absolute Gasteiger partial charge is 0.131 e. The van der Waals surface area contributed by atoms with Crippen LogP contribution < -0.4 is 11.3 Å². The Kier molecular flexibility index (Phi) is 4.40. The lowest BCUT2D eigenvalue weighted by atomic mass is 10.1. The average molecular weight is 330 g/mol. The number of imidazole rings is 1. The number of halogens is 2. The van der Waals surface area contributed by atoms with Crippen molar-refractivity contribution in [1.82, 2.24) is 15.0 Å². The van der Waals surface area contributed by atoms with Crippen molar-refractivity contribution in [3.63, 3.8) is 0 Å². The topological polar surface area (TPSA) is 55.9 Å². The van der Waals surface area contributed by atoms with Crippen molar-refractivity contribution < 1.29 is 0 Å². The summed E-state index contributed by atoms with van der Waals surface area (Å²) in [5.74, 6) is 6.53. The summed E-state index contributed by atoms with van der Waals surface area (Å²) >= 11 is 9.49. The number of hydrogen-bond donors (Lipinski definition) is 2. The van der Waals surface area contributed by atoms with Crippen LogP contribution >= 0.6 is 27.5 Å². The van der Waals surface area contributed by atoms with Crippen molar-refractivity contribution >= 4 is 27.5 Å². The molecule has 18 heavy (non-hydrogen) atoms. The third-order valence-corrected chi connectivity index (χ3v) is 3.41. The molecule has 0 aliphatic heterocycles. The van der Waals surface area contributed by atoms with Gasteiger partial charge in [-0.3, -0.25) is 5.84 Å². The van der Waals surface area contributed by atoms with E-state index < -0.39 is 0 Å². The van der Waals surface area contributed by atoms with Crippen LogP contribution in [0.25, 0.3) is 0 Å². The van der Waals surface area contributed by atoms with Crippen molar-refractivity contribution in [3.05, 3.63) is 51.5 Å². The molecule has 1 aromatic heterocycles. The fraction of sp³-hybridized carbons (Fsp3) is 0.250. The molecule has 0 saturated heterocycles. The first kappa shape index (κ1) is 13.5. The molecule has 0 saturated carbocycles. The monoisotopic (exact) mass is 328 g/mol. The molecular formula is C12H14BrClN4. The van der Waals surface area contributed by atoms with Crippen LogP contribution in [0.5, 0.6) is 0 Å². The number of hydrazine groups is 1. The molecule has 6 heteroatoms. The number of rotatable bonds is 4. The van der Waals surface area contributed by atoms with E-state index in [4.69, 9.17) is 17.4 Å². The predicted octanol–water partition coefficient (Wildman–Crippen LogP) is 2.87. The van der Waals surface area contributed by atoms with Gasteiger partial charge in [0.1, 0.15) is 11.9 Å². The number of benzene rings is 1. The van der Waals surface area contributed by atoms with Crippen LogP contribution in [0, 0.1) is 0 Å². The molecule has 0 spiro atoms. The summed E-state index contributed by atoms with van der Waals surface area (Å²) in [6.45, 7) is 2.90. The second-order valence-corrected chi connectivity index (χ2v) is 5.23. The fourth-order valence-electron chi connectivity index (χ4n) is 1.91. The first-order chi connectivity index (χ1) is 8.65. The Morgan fingerprint density at radius 2 is 2.28 bits per heavy atom. The number of aryl methyl sites for hydroxylation is 1. The molecule has 0 amide bonds. The van der Waals surface area contributed by atoms with Crippen molar-refractivity contribution in [2.24, 2.45) is 5.84 Å². The van der Waals surface area contributed by atoms with Crippen LogP contribution in [-0.2, 0) is 6.54 Å². The molecule has 2 rings (SSSR count). The number of nitrogens with zero attached hydrogens (tertiary/aromatic N) is 2. The zero-order chi connectivity index (χ0) is 13.1. The Hall–Kier alpha value is -0.880. The Labute approximate surface area is 119 Å². The normalized spacial score (nSPS) is 12.7. The molecule has 0 aliphatic carbocycles.